The van der Waals surface area contributed by atoms with Gasteiger partial charge in [-0.15, -0.1) is 11.3 Å². The van der Waals surface area contributed by atoms with Gasteiger partial charge in [-0.2, -0.15) is 0 Å². The van der Waals surface area contributed by atoms with E-state index in [9.17, 15) is 14.4 Å². The second kappa shape index (κ2) is 11.0. The maximum absolute atomic E-state index is 14.0. The predicted octanol–water partition coefficient (Wildman–Crippen LogP) is 5.82. The van der Waals surface area contributed by atoms with Crippen molar-refractivity contribution in [2.24, 2.45) is 7.05 Å². The first-order chi connectivity index (χ1) is 19.7. The number of nitrogens with one attached hydrogen (secondary N) is 1. The van der Waals surface area contributed by atoms with E-state index < -0.39 is 0 Å². The number of thiophene rings is 1. The number of hydrogen-bond acceptors (Lipinski definition) is 6. The van der Waals surface area contributed by atoms with E-state index in [1.165, 1.54) is 9.56 Å². The molecule has 8 nitrogen and oxygen atoms in total. The van der Waals surface area contributed by atoms with Gasteiger partial charge in [-0.1, -0.05) is 47.6 Å². The highest BCUT2D eigenvalue weighted by Crippen LogP contribution is 2.35. The summed E-state index contributed by atoms with van der Waals surface area (Å²) in [5.41, 5.74) is 3.69. The van der Waals surface area contributed by atoms with Crippen molar-refractivity contribution in [3.8, 4) is 11.4 Å². The van der Waals surface area contributed by atoms with Crippen LogP contribution in [0.4, 0.5) is 5.69 Å². The van der Waals surface area contributed by atoms with E-state index in [2.05, 4.69) is 5.32 Å². The number of carbonyl (C=O) groups is 1. The van der Waals surface area contributed by atoms with E-state index in [4.69, 9.17) is 16.6 Å². The molecule has 0 radical (unpaired) electrons. The fraction of sp³-hybridized carbons (Fsp3) is 0.267. The number of nitrogens with zero attached hydrogens (tertiary/aromatic N) is 4. The maximum Gasteiger partial charge on any atom is 0.295 e. The lowest BCUT2D eigenvalue weighted by Gasteiger charge is -2.14. The molecule has 41 heavy (non-hydrogen) atoms. The first kappa shape index (κ1) is 27.6. The van der Waals surface area contributed by atoms with Crippen LogP contribution in [0.3, 0.4) is 0 Å². The molecule has 11 heteroatoms. The Bertz CT molecular complexity index is 1940. The Balaban J connectivity index is 1.35. The highest BCUT2D eigenvalue weighted by molar-refractivity contribution is 7.99. The lowest BCUT2D eigenvalue weighted by Crippen LogP contribution is -2.25. The van der Waals surface area contributed by atoms with Crippen molar-refractivity contribution in [2.75, 3.05) is 11.1 Å². The topological polar surface area (TPSA) is 90.9 Å². The molecule has 0 aliphatic heterocycles. The van der Waals surface area contributed by atoms with Crippen LogP contribution in [0.5, 0.6) is 0 Å². The van der Waals surface area contributed by atoms with Gasteiger partial charge in [-0.25, -0.2) is 9.67 Å². The van der Waals surface area contributed by atoms with E-state index in [1.807, 2.05) is 49.4 Å². The number of hydrogen-bond donors (Lipinski definition) is 1. The zero-order valence-corrected chi connectivity index (χ0v) is 25.3. The summed E-state index contributed by atoms with van der Waals surface area (Å²) in [5.74, 6) is -0.406. The lowest BCUT2D eigenvalue weighted by molar-refractivity contribution is -0.113. The minimum Gasteiger partial charge on any atom is -0.319 e. The number of thioether (sulfide) groups is 1. The molecule has 6 rings (SSSR count). The van der Waals surface area contributed by atoms with E-state index in [1.54, 1.807) is 40.6 Å². The minimum absolute atomic E-state index is 0.0399. The van der Waals surface area contributed by atoms with Crippen LogP contribution in [0.15, 0.2) is 63.3 Å². The summed E-state index contributed by atoms with van der Waals surface area (Å²) in [7, 11) is 1.78. The second-order valence-electron chi connectivity index (χ2n) is 10.1. The van der Waals surface area contributed by atoms with Gasteiger partial charge in [0.2, 0.25) is 5.91 Å². The van der Waals surface area contributed by atoms with Crippen LogP contribution in [0.2, 0.25) is 5.02 Å². The normalized spacial score (nSPS) is 13.0. The number of aryl methyl sites for hydroxylation is 3. The molecule has 0 saturated carbocycles. The number of carbonyl (C=O) groups excluding carboxylic acids is 1. The van der Waals surface area contributed by atoms with Crippen molar-refractivity contribution in [3.63, 3.8) is 0 Å². The van der Waals surface area contributed by atoms with Gasteiger partial charge in [0.25, 0.3) is 11.1 Å². The molecule has 1 aliphatic rings. The summed E-state index contributed by atoms with van der Waals surface area (Å²) in [6.07, 6.45) is 3.98. The molecule has 0 saturated heterocycles. The molecular formula is C30H28ClN5O3S2. The van der Waals surface area contributed by atoms with Crippen LogP contribution >= 0.6 is 34.7 Å². The molecule has 0 spiro atoms. The van der Waals surface area contributed by atoms with Crippen molar-refractivity contribution >= 4 is 56.5 Å². The Morgan fingerprint density at radius 2 is 1.80 bits per heavy atom. The van der Waals surface area contributed by atoms with Gasteiger partial charge in [0.05, 0.1) is 28.2 Å². The summed E-state index contributed by atoms with van der Waals surface area (Å²) >= 11 is 9.18. The molecule has 3 aromatic heterocycles. The van der Waals surface area contributed by atoms with Crippen molar-refractivity contribution in [1.82, 2.24) is 18.9 Å². The molecule has 0 unspecified atom stereocenters. The summed E-state index contributed by atoms with van der Waals surface area (Å²) in [6.45, 7) is 3.69. The number of halogens is 1. The van der Waals surface area contributed by atoms with Crippen LogP contribution in [-0.4, -0.2) is 30.6 Å². The number of anilines is 1. The van der Waals surface area contributed by atoms with Gasteiger partial charge in [-0.3, -0.25) is 23.6 Å². The molecular weight excluding hydrogens is 578 g/mol. The molecule has 0 fully saturated rings. The second-order valence-corrected chi connectivity index (χ2v) is 12.6. The number of amides is 1. The largest absolute Gasteiger partial charge is 0.319 e. The standard InChI is InChI=1S/C30H28ClN5O3S2/c1-17-13-14-20(15-22(17)31)35-28(38)25-21-11-7-8-12-23(21)41-27(25)33-30(35)40-16-24(37)32-26-18(2)34(3)36(29(26)39)19-9-5-4-6-10-19/h4-6,9-10,13-15H,7-8,11-12,16H2,1-3H3,(H,32,37). The van der Waals surface area contributed by atoms with Crippen molar-refractivity contribution in [1.29, 1.82) is 0 Å². The molecule has 0 bridgehead atoms. The Labute approximate surface area is 249 Å². The van der Waals surface area contributed by atoms with Crippen molar-refractivity contribution < 1.29 is 4.79 Å². The van der Waals surface area contributed by atoms with Crippen LogP contribution in [-0.2, 0) is 24.7 Å². The van der Waals surface area contributed by atoms with Gasteiger partial charge >= 0.3 is 0 Å². The van der Waals surface area contributed by atoms with Gasteiger partial charge in [-0.05, 0) is 74.9 Å². The Morgan fingerprint density at radius 1 is 1.05 bits per heavy atom. The van der Waals surface area contributed by atoms with E-state index >= 15 is 0 Å². The van der Waals surface area contributed by atoms with E-state index in [0.29, 0.717) is 37.5 Å². The highest BCUT2D eigenvalue weighted by atomic mass is 35.5. The average molecular weight is 606 g/mol. The summed E-state index contributed by atoms with van der Waals surface area (Å²) < 4.78 is 4.79. The van der Waals surface area contributed by atoms with Crippen LogP contribution in [0.25, 0.3) is 21.6 Å². The first-order valence-corrected chi connectivity index (χ1v) is 15.5. The molecule has 2 aromatic carbocycles. The van der Waals surface area contributed by atoms with Gasteiger partial charge in [0.1, 0.15) is 10.5 Å². The third kappa shape index (κ3) is 4.94. The molecule has 5 aromatic rings. The SMILES string of the molecule is Cc1ccc(-n2c(SCC(=O)Nc3c(C)n(C)n(-c4ccccc4)c3=O)nc3sc4c(c3c2=O)CCCC4)cc1Cl. The van der Waals surface area contributed by atoms with Crippen LogP contribution < -0.4 is 16.4 Å². The number of para-hydroxylation sites is 1. The summed E-state index contributed by atoms with van der Waals surface area (Å²) in [5, 5.41) is 4.41. The minimum atomic E-state index is -0.366. The van der Waals surface area contributed by atoms with Gasteiger partial charge in [0, 0.05) is 16.9 Å². The van der Waals surface area contributed by atoms with Crippen LogP contribution in [0, 0.1) is 13.8 Å². The fourth-order valence-corrected chi connectivity index (χ4v) is 7.54. The fourth-order valence-electron chi connectivity index (χ4n) is 5.25. The van der Waals surface area contributed by atoms with Crippen molar-refractivity contribution in [3.05, 3.63) is 96.0 Å². The van der Waals surface area contributed by atoms with E-state index in [0.717, 1.165) is 48.6 Å². The first-order valence-electron chi connectivity index (χ1n) is 13.3. The molecule has 1 N–H and O–H groups in total. The van der Waals surface area contributed by atoms with Gasteiger partial charge in [0.15, 0.2) is 5.16 Å². The van der Waals surface area contributed by atoms with E-state index in [-0.39, 0.29) is 28.5 Å². The zero-order valence-electron chi connectivity index (χ0n) is 22.9. The smallest absolute Gasteiger partial charge is 0.295 e. The number of benzene rings is 2. The highest BCUT2D eigenvalue weighted by Gasteiger charge is 2.24. The summed E-state index contributed by atoms with van der Waals surface area (Å²) in [4.78, 5) is 47.3. The maximum atomic E-state index is 14.0. The van der Waals surface area contributed by atoms with Gasteiger partial charge < -0.3 is 5.32 Å². The Hall–Kier alpha value is -3.60. The summed E-state index contributed by atoms with van der Waals surface area (Å²) in [6, 6.07) is 14.7. The number of fused-ring (bicyclic) bond motifs is 3. The molecule has 1 amide bonds. The molecule has 1 aliphatic carbocycles. The Kier molecular flexibility index (Phi) is 7.39. The predicted molar refractivity (Wildman–Crippen MR) is 167 cm³/mol. The lowest BCUT2D eigenvalue weighted by atomic mass is 9.97. The third-order valence-corrected chi connectivity index (χ3v) is 10.1. The zero-order chi connectivity index (χ0) is 28.8. The number of rotatable bonds is 6. The molecule has 210 valence electrons. The molecule has 3 heterocycles. The Morgan fingerprint density at radius 3 is 2.56 bits per heavy atom. The third-order valence-electron chi connectivity index (χ3n) is 7.52. The monoisotopic (exact) mass is 605 g/mol. The average Bonchev–Trinajstić information content (AvgIpc) is 3.44. The molecule has 0 atom stereocenters. The quantitative estimate of drug-likeness (QED) is 0.195. The van der Waals surface area contributed by atoms with Crippen LogP contribution in [0.1, 0.15) is 34.5 Å². The number of aromatic nitrogens is 4. The van der Waals surface area contributed by atoms with Crippen molar-refractivity contribution in [2.45, 2.75) is 44.7 Å².